The van der Waals surface area contributed by atoms with Gasteiger partial charge < -0.3 is 10.2 Å². The normalized spacial score (nSPS) is 12.3. The molecule has 0 saturated heterocycles. The molecule has 47 heavy (non-hydrogen) atoms. The van der Waals surface area contributed by atoms with Crippen molar-refractivity contribution in [1.82, 2.24) is 10.2 Å². The van der Waals surface area contributed by atoms with E-state index in [1.807, 2.05) is 58.0 Å². The van der Waals surface area contributed by atoms with Crippen molar-refractivity contribution < 1.29 is 18.0 Å². The molecule has 7 nitrogen and oxygen atoms in total. The highest BCUT2D eigenvalue weighted by Gasteiger charge is 2.36. The highest BCUT2D eigenvalue weighted by atomic mass is 35.5. The minimum Gasteiger partial charge on any atom is -0.350 e. The molecule has 0 bridgehead atoms. The molecule has 0 aliphatic rings. The summed E-state index contributed by atoms with van der Waals surface area (Å²) >= 11 is 19.0. The lowest BCUT2D eigenvalue weighted by atomic mass is 10.0. The van der Waals surface area contributed by atoms with Crippen LogP contribution < -0.4 is 9.62 Å². The second-order valence-electron chi connectivity index (χ2n) is 12.4. The Morgan fingerprint density at radius 1 is 0.787 bits per heavy atom. The van der Waals surface area contributed by atoms with Gasteiger partial charge in [0.1, 0.15) is 12.6 Å². The number of benzene rings is 4. The maximum absolute atomic E-state index is 14.7. The van der Waals surface area contributed by atoms with Crippen LogP contribution in [0.5, 0.6) is 0 Å². The zero-order valence-corrected chi connectivity index (χ0v) is 30.0. The van der Waals surface area contributed by atoms with Gasteiger partial charge in [0.05, 0.1) is 20.6 Å². The van der Waals surface area contributed by atoms with Crippen molar-refractivity contribution in [2.24, 2.45) is 0 Å². The van der Waals surface area contributed by atoms with Gasteiger partial charge in [0.2, 0.25) is 11.8 Å². The lowest BCUT2D eigenvalue weighted by Gasteiger charge is -2.35. The number of carbonyl (C=O) groups is 2. The molecule has 1 atom stereocenters. The molecule has 0 aliphatic heterocycles. The average molecular weight is 715 g/mol. The molecule has 4 aromatic rings. The largest absolute Gasteiger partial charge is 0.350 e. The molecule has 0 saturated carbocycles. The lowest BCUT2D eigenvalue weighted by Crippen LogP contribution is -2.56. The molecule has 0 spiro atoms. The van der Waals surface area contributed by atoms with Crippen LogP contribution in [0.3, 0.4) is 0 Å². The van der Waals surface area contributed by atoms with E-state index in [0.717, 1.165) is 15.4 Å². The fourth-order valence-electron chi connectivity index (χ4n) is 5.06. The van der Waals surface area contributed by atoms with Gasteiger partial charge in [0.15, 0.2) is 0 Å². The van der Waals surface area contributed by atoms with Crippen LogP contribution in [0.1, 0.15) is 43.0 Å². The van der Waals surface area contributed by atoms with E-state index in [4.69, 9.17) is 34.8 Å². The number of amides is 2. The number of nitrogens with zero attached hydrogens (tertiary/aromatic N) is 2. The second kappa shape index (κ2) is 15.1. The smallest absolute Gasteiger partial charge is 0.264 e. The number of hydrogen-bond acceptors (Lipinski definition) is 4. The van der Waals surface area contributed by atoms with Gasteiger partial charge in [0, 0.05) is 23.5 Å². The average Bonchev–Trinajstić information content (AvgIpc) is 3.00. The minimum absolute atomic E-state index is 0.0117. The number of anilines is 1. The Bertz CT molecular complexity index is 1840. The van der Waals surface area contributed by atoms with Crippen LogP contribution in [0.25, 0.3) is 0 Å². The minimum atomic E-state index is -4.27. The standard InChI is InChI=1S/C36H38Cl3N3O4S/c1-24-14-17-28(18-15-24)47(45,46)42(32-13-9-12-29(37)25(32)2)23-34(43)41(22-27-16-19-30(38)31(39)20-27)33(35(44)40-36(3,4)5)21-26-10-7-6-8-11-26/h6-20,33H,21-23H2,1-5H3,(H,40,44). The summed E-state index contributed by atoms with van der Waals surface area (Å²) in [6, 6.07) is 24.6. The molecular weight excluding hydrogens is 677 g/mol. The summed E-state index contributed by atoms with van der Waals surface area (Å²) in [6.45, 7) is 8.47. The number of aryl methyl sites for hydroxylation is 1. The summed E-state index contributed by atoms with van der Waals surface area (Å²) in [4.78, 5) is 30.1. The highest BCUT2D eigenvalue weighted by Crippen LogP contribution is 2.32. The van der Waals surface area contributed by atoms with Crippen LogP contribution in [-0.4, -0.2) is 43.3 Å². The van der Waals surface area contributed by atoms with Gasteiger partial charge in [-0.3, -0.25) is 13.9 Å². The summed E-state index contributed by atoms with van der Waals surface area (Å²) < 4.78 is 29.6. The zero-order chi connectivity index (χ0) is 34.5. The van der Waals surface area contributed by atoms with Gasteiger partial charge in [-0.25, -0.2) is 8.42 Å². The van der Waals surface area contributed by atoms with E-state index in [2.05, 4.69) is 5.32 Å². The van der Waals surface area contributed by atoms with Crippen molar-refractivity contribution >= 4 is 62.3 Å². The number of nitrogens with one attached hydrogen (secondary N) is 1. The number of carbonyl (C=O) groups excluding carboxylic acids is 2. The van der Waals surface area contributed by atoms with Crippen molar-refractivity contribution in [3.63, 3.8) is 0 Å². The molecule has 2 amide bonds. The molecule has 0 fully saturated rings. The third-order valence-electron chi connectivity index (χ3n) is 7.50. The van der Waals surface area contributed by atoms with E-state index < -0.39 is 34.1 Å². The van der Waals surface area contributed by atoms with Crippen molar-refractivity contribution in [3.8, 4) is 0 Å². The van der Waals surface area contributed by atoms with Crippen LogP contribution in [0.2, 0.25) is 15.1 Å². The molecule has 0 radical (unpaired) electrons. The van der Waals surface area contributed by atoms with Crippen LogP contribution in [0.4, 0.5) is 5.69 Å². The summed E-state index contributed by atoms with van der Waals surface area (Å²) in [7, 11) is -4.27. The highest BCUT2D eigenvalue weighted by molar-refractivity contribution is 7.92. The second-order valence-corrected chi connectivity index (χ2v) is 15.5. The van der Waals surface area contributed by atoms with E-state index in [0.29, 0.717) is 21.2 Å². The Morgan fingerprint density at radius 3 is 2.06 bits per heavy atom. The predicted molar refractivity (Wildman–Crippen MR) is 191 cm³/mol. The number of rotatable bonds is 11. The molecule has 1 N–H and O–H groups in total. The first-order valence-electron chi connectivity index (χ1n) is 15.0. The summed E-state index contributed by atoms with van der Waals surface area (Å²) in [5, 5.41) is 3.99. The summed E-state index contributed by atoms with van der Waals surface area (Å²) in [5.74, 6) is -0.988. The fraction of sp³-hybridized carbons (Fsp3) is 0.278. The van der Waals surface area contributed by atoms with Crippen molar-refractivity contribution in [1.29, 1.82) is 0 Å². The fourth-order valence-corrected chi connectivity index (χ4v) is 7.02. The van der Waals surface area contributed by atoms with Crippen LogP contribution in [-0.2, 0) is 32.6 Å². The summed E-state index contributed by atoms with van der Waals surface area (Å²) in [5.41, 5.74) is 2.44. The first-order valence-corrected chi connectivity index (χ1v) is 17.6. The Labute approximate surface area is 292 Å². The molecule has 0 aromatic heterocycles. The zero-order valence-electron chi connectivity index (χ0n) is 26.9. The molecular formula is C36H38Cl3N3O4S. The molecule has 4 aromatic carbocycles. The first kappa shape index (κ1) is 36.3. The van der Waals surface area contributed by atoms with Gasteiger partial charge in [-0.1, -0.05) is 95.0 Å². The van der Waals surface area contributed by atoms with E-state index in [1.54, 1.807) is 55.5 Å². The third kappa shape index (κ3) is 9.29. The molecule has 248 valence electrons. The molecule has 11 heteroatoms. The molecule has 1 unspecified atom stereocenters. The molecule has 0 heterocycles. The number of hydrogen-bond donors (Lipinski definition) is 1. The van der Waals surface area contributed by atoms with Gasteiger partial charge in [-0.15, -0.1) is 0 Å². The SMILES string of the molecule is Cc1ccc(S(=O)(=O)N(CC(=O)N(Cc2ccc(Cl)c(Cl)c2)C(Cc2ccccc2)C(=O)NC(C)(C)C)c2cccc(Cl)c2C)cc1. The topological polar surface area (TPSA) is 86.8 Å². The monoisotopic (exact) mass is 713 g/mol. The van der Waals surface area contributed by atoms with Gasteiger partial charge in [-0.2, -0.15) is 0 Å². The Kier molecular flexibility index (Phi) is 11.7. The third-order valence-corrected chi connectivity index (χ3v) is 10.4. The Hall–Kier alpha value is -3.56. The quantitative estimate of drug-likeness (QED) is 0.171. The van der Waals surface area contributed by atoms with Crippen LogP contribution in [0.15, 0.2) is 95.9 Å². The number of sulfonamides is 1. The van der Waals surface area contributed by atoms with Crippen LogP contribution >= 0.6 is 34.8 Å². The first-order chi connectivity index (χ1) is 22.1. The molecule has 4 rings (SSSR count). The lowest BCUT2D eigenvalue weighted by molar-refractivity contribution is -0.140. The summed E-state index contributed by atoms with van der Waals surface area (Å²) in [6.07, 6.45) is 0.177. The molecule has 0 aliphatic carbocycles. The van der Waals surface area contributed by atoms with Crippen molar-refractivity contribution in [2.45, 2.75) is 64.1 Å². The maximum Gasteiger partial charge on any atom is 0.264 e. The van der Waals surface area contributed by atoms with E-state index in [9.17, 15) is 18.0 Å². The van der Waals surface area contributed by atoms with E-state index in [1.165, 1.54) is 17.0 Å². The maximum atomic E-state index is 14.7. The van der Waals surface area contributed by atoms with Gasteiger partial charge in [-0.05, 0) is 87.7 Å². The van der Waals surface area contributed by atoms with E-state index in [-0.39, 0.29) is 34.5 Å². The van der Waals surface area contributed by atoms with Crippen molar-refractivity contribution in [2.75, 3.05) is 10.8 Å². The predicted octanol–water partition coefficient (Wildman–Crippen LogP) is 8.01. The van der Waals surface area contributed by atoms with Crippen molar-refractivity contribution in [3.05, 3.63) is 128 Å². The Balaban J connectivity index is 1.86. The van der Waals surface area contributed by atoms with Gasteiger partial charge in [0.25, 0.3) is 10.0 Å². The Morgan fingerprint density at radius 2 is 1.45 bits per heavy atom. The number of halogens is 3. The van der Waals surface area contributed by atoms with Crippen LogP contribution in [0, 0.1) is 13.8 Å². The van der Waals surface area contributed by atoms with Gasteiger partial charge >= 0.3 is 0 Å². The van der Waals surface area contributed by atoms with E-state index >= 15 is 0 Å².